The third kappa shape index (κ3) is 5.10. The van der Waals surface area contributed by atoms with E-state index in [-0.39, 0.29) is 0 Å². The quantitative estimate of drug-likeness (QED) is 0.669. The van der Waals surface area contributed by atoms with Crippen LogP contribution in [0.1, 0.15) is 91.9 Å². The van der Waals surface area contributed by atoms with Crippen molar-refractivity contribution in [3.8, 4) is 0 Å². The van der Waals surface area contributed by atoms with Crippen LogP contribution in [0.3, 0.4) is 0 Å². The summed E-state index contributed by atoms with van der Waals surface area (Å²) in [6, 6.07) is 1.60. The molecular weight excluding hydrogens is 230 g/mol. The van der Waals surface area contributed by atoms with E-state index in [1.165, 1.54) is 64.2 Å². The van der Waals surface area contributed by atoms with Gasteiger partial charge in [0, 0.05) is 12.1 Å². The summed E-state index contributed by atoms with van der Waals surface area (Å²) in [5.41, 5.74) is 1.17. The summed E-state index contributed by atoms with van der Waals surface area (Å²) in [5.74, 6) is 0. The molecule has 0 aromatic carbocycles. The van der Waals surface area contributed by atoms with E-state index < -0.39 is 0 Å². The predicted octanol–water partition coefficient (Wildman–Crippen LogP) is 5.29. The minimum atomic E-state index is 0.585. The Bertz CT molecular complexity index is 251. The van der Waals surface area contributed by atoms with Crippen molar-refractivity contribution in [2.75, 3.05) is 0 Å². The molecule has 0 saturated heterocycles. The van der Waals surface area contributed by atoms with Crippen LogP contribution >= 0.6 is 0 Å². The molecule has 2 atom stereocenters. The van der Waals surface area contributed by atoms with E-state index in [2.05, 4.69) is 33.0 Å². The van der Waals surface area contributed by atoms with E-state index >= 15 is 0 Å². The van der Waals surface area contributed by atoms with Crippen LogP contribution in [0.4, 0.5) is 0 Å². The van der Waals surface area contributed by atoms with Gasteiger partial charge in [0.25, 0.3) is 0 Å². The van der Waals surface area contributed by atoms with Crippen molar-refractivity contribution in [2.45, 2.75) is 104 Å². The minimum Gasteiger partial charge on any atom is -0.311 e. The van der Waals surface area contributed by atoms with Gasteiger partial charge in [-0.25, -0.2) is 0 Å². The average molecular weight is 265 g/mol. The summed E-state index contributed by atoms with van der Waals surface area (Å²) in [7, 11) is 0. The third-order valence-corrected chi connectivity index (χ3v) is 5.62. The molecule has 2 saturated carbocycles. The number of hydrogen-bond acceptors (Lipinski definition) is 1. The van der Waals surface area contributed by atoms with Gasteiger partial charge >= 0.3 is 0 Å². The second kappa shape index (κ2) is 6.16. The Morgan fingerprint density at radius 1 is 0.632 bits per heavy atom. The topological polar surface area (TPSA) is 12.0 Å². The molecule has 0 aromatic rings. The van der Waals surface area contributed by atoms with Crippen molar-refractivity contribution in [3.05, 3.63) is 0 Å². The standard InChI is InChI=1S/C18H35N/c1-17(2)11-5-7-15(9-13-17)19-16-8-6-12-18(3,4)14-10-16/h15-16,19H,5-14H2,1-4H3. The lowest BCUT2D eigenvalue weighted by molar-refractivity contribution is 0.296. The maximum Gasteiger partial charge on any atom is 0.00698 e. The van der Waals surface area contributed by atoms with Crippen LogP contribution in [0.25, 0.3) is 0 Å². The molecule has 0 aromatic heterocycles. The molecule has 2 aliphatic rings. The molecule has 112 valence electrons. The molecule has 0 aliphatic heterocycles. The zero-order valence-electron chi connectivity index (χ0n) is 13.7. The van der Waals surface area contributed by atoms with Crippen molar-refractivity contribution < 1.29 is 0 Å². The third-order valence-electron chi connectivity index (χ3n) is 5.62. The van der Waals surface area contributed by atoms with Gasteiger partial charge in [-0.1, -0.05) is 40.5 Å². The molecule has 2 fully saturated rings. The molecule has 1 nitrogen and oxygen atoms in total. The van der Waals surface area contributed by atoms with Gasteiger partial charge in [0.05, 0.1) is 0 Å². The smallest absolute Gasteiger partial charge is 0.00698 e. The van der Waals surface area contributed by atoms with E-state index in [1.54, 1.807) is 0 Å². The molecule has 0 radical (unpaired) electrons. The van der Waals surface area contributed by atoms with Crippen LogP contribution in [-0.2, 0) is 0 Å². The molecule has 0 bridgehead atoms. The highest BCUT2D eigenvalue weighted by molar-refractivity contribution is 4.85. The second-order valence-corrected chi connectivity index (χ2v) is 8.75. The predicted molar refractivity (Wildman–Crippen MR) is 84.4 cm³/mol. The van der Waals surface area contributed by atoms with Crippen LogP contribution in [0.15, 0.2) is 0 Å². The van der Waals surface area contributed by atoms with E-state index in [0.29, 0.717) is 10.8 Å². The summed E-state index contributed by atoms with van der Waals surface area (Å²) in [6.07, 6.45) is 14.1. The second-order valence-electron chi connectivity index (χ2n) is 8.75. The van der Waals surface area contributed by atoms with Crippen LogP contribution in [0.2, 0.25) is 0 Å². The van der Waals surface area contributed by atoms with Gasteiger partial charge in [-0.05, 0) is 62.2 Å². The Kier molecular flexibility index (Phi) is 4.98. The molecular formula is C18H35N. The van der Waals surface area contributed by atoms with Crippen LogP contribution < -0.4 is 5.32 Å². The average Bonchev–Trinajstić information content (AvgIpc) is 2.57. The van der Waals surface area contributed by atoms with Crippen LogP contribution in [0.5, 0.6) is 0 Å². The van der Waals surface area contributed by atoms with E-state index in [0.717, 1.165) is 12.1 Å². The molecule has 2 unspecified atom stereocenters. The summed E-state index contributed by atoms with van der Waals surface area (Å²) in [5, 5.41) is 4.01. The summed E-state index contributed by atoms with van der Waals surface area (Å²) < 4.78 is 0. The van der Waals surface area contributed by atoms with Crippen molar-refractivity contribution in [3.63, 3.8) is 0 Å². The maximum absolute atomic E-state index is 4.01. The zero-order chi connectivity index (χ0) is 13.9. The molecule has 2 rings (SSSR count). The van der Waals surface area contributed by atoms with Crippen molar-refractivity contribution in [1.29, 1.82) is 0 Å². The largest absolute Gasteiger partial charge is 0.311 e. The molecule has 0 heterocycles. The Balaban J connectivity index is 1.81. The Morgan fingerprint density at radius 3 is 1.47 bits per heavy atom. The lowest BCUT2D eigenvalue weighted by Crippen LogP contribution is -2.38. The van der Waals surface area contributed by atoms with Crippen molar-refractivity contribution in [1.82, 2.24) is 5.32 Å². The van der Waals surface area contributed by atoms with E-state index in [1.807, 2.05) is 0 Å². The Morgan fingerprint density at radius 2 is 1.05 bits per heavy atom. The summed E-state index contributed by atoms with van der Waals surface area (Å²) in [6.45, 7) is 9.79. The number of hydrogen-bond donors (Lipinski definition) is 1. The Labute approximate surface area is 120 Å². The zero-order valence-corrected chi connectivity index (χ0v) is 13.7. The summed E-state index contributed by atoms with van der Waals surface area (Å²) in [4.78, 5) is 0. The van der Waals surface area contributed by atoms with Crippen LogP contribution in [0, 0.1) is 10.8 Å². The molecule has 1 heteroatoms. The Hall–Kier alpha value is -0.0400. The van der Waals surface area contributed by atoms with Gasteiger partial charge in [0.2, 0.25) is 0 Å². The number of rotatable bonds is 2. The van der Waals surface area contributed by atoms with Gasteiger partial charge in [0.15, 0.2) is 0 Å². The normalized spacial score (nSPS) is 35.4. The molecule has 2 aliphatic carbocycles. The fourth-order valence-corrected chi connectivity index (χ4v) is 3.99. The highest BCUT2D eigenvalue weighted by Gasteiger charge is 2.28. The minimum absolute atomic E-state index is 0.585. The molecule has 0 amide bonds. The first-order valence-corrected chi connectivity index (χ1v) is 8.62. The number of nitrogens with one attached hydrogen (secondary N) is 1. The van der Waals surface area contributed by atoms with E-state index in [9.17, 15) is 0 Å². The fraction of sp³-hybridized carbons (Fsp3) is 1.00. The van der Waals surface area contributed by atoms with Crippen LogP contribution in [-0.4, -0.2) is 12.1 Å². The maximum atomic E-state index is 4.01. The lowest BCUT2D eigenvalue weighted by Gasteiger charge is -2.26. The molecule has 1 N–H and O–H groups in total. The fourth-order valence-electron chi connectivity index (χ4n) is 3.99. The highest BCUT2D eigenvalue weighted by atomic mass is 14.9. The highest BCUT2D eigenvalue weighted by Crippen LogP contribution is 2.36. The molecule has 0 spiro atoms. The molecule has 19 heavy (non-hydrogen) atoms. The lowest BCUT2D eigenvalue weighted by atomic mass is 9.85. The van der Waals surface area contributed by atoms with Gasteiger partial charge < -0.3 is 5.32 Å². The first kappa shape index (κ1) is 15.4. The van der Waals surface area contributed by atoms with Gasteiger partial charge in [0.1, 0.15) is 0 Å². The van der Waals surface area contributed by atoms with Crippen molar-refractivity contribution in [2.24, 2.45) is 10.8 Å². The summed E-state index contributed by atoms with van der Waals surface area (Å²) >= 11 is 0. The van der Waals surface area contributed by atoms with Gasteiger partial charge in [-0.3, -0.25) is 0 Å². The van der Waals surface area contributed by atoms with Crippen molar-refractivity contribution >= 4 is 0 Å². The van der Waals surface area contributed by atoms with Gasteiger partial charge in [-0.15, -0.1) is 0 Å². The first-order chi connectivity index (χ1) is 8.86. The van der Waals surface area contributed by atoms with Gasteiger partial charge in [-0.2, -0.15) is 0 Å². The monoisotopic (exact) mass is 265 g/mol. The first-order valence-electron chi connectivity index (χ1n) is 8.62. The van der Waals surface area contributed by atoms with E-state index in [4.69, 9.17) is 0 Å². The SMILES string of the molecule is CC1(C)CCCC(NC2CCCC(C)(C)CC2)CC1.